The van der Waals surface area contributed by atoms with E-state index in [0.29, 0.717) is 25.6 Å². The van der Waals surface area contributed by atoms with Crippen LogP contribution in [0.25, 0.3) is 0 Å². The summed E-state index contributed by atoms with van der Waals surface area (Å²) in [6.07, 6.45) is 0.632. The van der Waals surface area contributed by atoms with Gasteiger partial charge in [0.1, 0.15) is 11.5 Å². The SMILES string of the molecule is COc1ccc(COC[C@@H](C)C(=O)CC(C)C)cc1. The Morgan fingerprint density at radius 3 is 2.32 bits per heavy atom. The standard InChI is InChI=1S/C16H24O3/c1-12(2)9-16(17)13(3)10-19-11-14-5-7-15(18-4)8-6-14/h5-8,12-13H,9-11H2,1-4H3/t13-/m1/s1. The Kier molecular flexibility index (Phi) is 6.57. The van der Waals surface area contributed by atoms with Crippen LogP contribution in [0.2, 0.25) is 0 Å². The van der Waals surface area contributed by atoms with Crippen LogP contribution in [-0.2, 0) is 16.1 Å². The van der Waals surface area contributed by atoms with Crippen LogP contribution in [0.1, 0.15) is 32.8 Å². The zero-order valence-electron chi connectivity index (χ0n) is 12.3. The zero-order chi connectivity index (χ0) is 14.3. The molecule has 0 spiro atoms. The van der Waals surface area contributed by atoms with Gasteiger partial charge in [0.2, 0.25) is 0 Å². The zero-order valence-corrected chi connectivity index (χ0v) is 12.3. The Morgan fingerprint density at radius 2 is 1.79 bits per heavy atom. The molecule has 3 nitrogen and oxygen atoms in total. The van der Waals surface area contributed by atoms with Crippen molar-refractivity contribution in [2.24, 2.45) is 11.8 Å². The van der Waals surface area contributed by atoms with Crippen molar-refractivity contribution < 1.29 is 14.3 Å². The molecule has 1 rings (SSSR count). The molecule has 0 amide bonds. The molecule has 0 N–H and O–H groups in total. The lowest BCUT2D eigenvalue weighted by atomic mass is 9.98. The molecule has 106 valence electrons. The maximum Gasteiger partial charge on any atom is 0.138 e. The number of ether oxygens (including phenoxy) is 2. The molecule has 0 saturated heterocycles. The maximum atomic E-state index is 11.8. The Bertz CT molecular complexity index is 381. The molecule has 0 radical (unpaired) electrons. The minimum Gasteiger partial charge on any atom is -0.497 e. The molecule has 1 atom stereocenters. The van der Waals surface area contributed by atoms with E-state index in [1.165, 1.54) is 0 Å². The van der Waals surface area contributed by atoms with Gasteiger partial charge in [-0.15, -0.1) is 0 Å². The minimum absolute atomic E-state index is 0.0272. The van der Waals surface area contributed by atoms with Crippen molar-refractivity contribution >= 4 is 5.78 Å². The van der Waals surface area contributed by atoms with E-state index in [1.54, 1.807) is 7.11 Å². The molecule has 0 aliphatic heterocycles. The van der Waals surface area contributed by atoms with Gasteiger partial charge < -0.3 is 9.47 Å². The largest absolute Gasteiger partial charge is 0.497 e. The molecule has 0 saturated carbocycles. The van der Waals surface area contributed by atoms with E-state index in [2.05, 4.69) is 13.8 Å². The Labute approximate surface area is 115 Å². The van der Waals surface area contributed by atoms with Crippen molar-refractivity contribution in [3.8, 4) is 5.75 Å². The second-order valence-corrected chi connectivity index (χ2v) is 5.33. The average molecular weight is 264 g/mol. The minimum atomic E-state index is -0.0272. The number of carbonyl (C=O) groups excluding carboxylic acids is 1. The van der Waals surface area contributed by atoms with Gasteiger partial charge in [-0.3, -0.25) is 4.79 Å². The van der Waals surface area contributed by atoms with Crippen molar-refractivity contribution in [3.63, 3.8) is 0 Å². The number of hydrogen-bond acceptors (Lipinski definition) is 3. The lowest BCUT2D eigenvalue weighted by Gasteiger charge is -2.12. The molecule has 0 aromatic heterocycles. The van der Waals surface area contributed by atoms with Crippen molar-refractivity contribution in [1.29, 1.82) is 0 Å². The summed E-state index contributed by atoms with van der Waals surface area (Å²) in [6.45, 7) is 7.06. The molecular weight excluding hydrogens is 240 g/mol. The summed E-state index contributed by atoms with van der Waals surface area (Å²) < 4.78 is 10.7. The first kappa shape index (κ1) is 15.7. The highest BCUT2D eigenvalue weighted by molar-refractivity contribution is 5.80. The Morgan fingerprint density at radius 1 is 1.16 bits per heavy atom. The van der Waals surface area contributed by atoms with Gasteiger partial charge in [-0.05, 0) is 23.6 Å². The summed E-state index contributed by atoms with van der Waals surface area (Å²) >= 11 is 0. The smallest absolute Gasteiger partial charge is 0.138 e. The highest BCUT2D eigenvalue weighted by Gasteiger charge is 2.14. The Hall–Kier alpha value is -1.35. The summed E-state index contributed by atoms with van der Waals surface area (Å²) in [5.74, 6) is 1.51. The van der Waals surface area contributed by atoms with Crippen LogP contribution in [0.15, 0.2) is 24.3 Å². The topological polar surface area (TPSA) is 35.5 Å². The molecule has 0 heterocycles. The lowest BCUT2D eigenvalue weighted by molar-refractivity contribution is -0.125. The van der Waals surface area contributed by atoms with Crippen molar-refractivity contribution in [2.45, 2.75) is 33.8 Å². The monoisotopic (exact) mass is 264 g/mol. The molecule has 19 heavy (non-hydrogen) atoms. The van der Waals surface area contributed by atoms with Crippen LogP contribution in [0.4, 0.5) is 0 Å². The molecule has 0 aliphatic carbocycles. The fraction of sp³-hybridized carbons (Fsp3) is 0.562. The number of rotatable bonds is 8. The van der Waals surface area contributed by atoms with Gasteiger partial charge in [0.15, 0.2) is 0 Å². The van der Waals surface area contributed by atoms with Crippen molar-refractivity contribution in [3.05, 3.63) is 29.8 Å². The van der Waals surface area contributed by atoms with E-state index in [4.69, 9.17) is 9.47 Å². The fourth-order valence-corrected chi connectivity index (χ4v) is 1.77. The van der Waals surface area contributed by atoms with E-state index in [-0.39, 0.29) is 11.7 Å². The van der Waals surface area contributed by atoms with Gasteiger partial charge in [-0.2, -0.15) is 0 Å². The second-order valence-electron chi connectivity index (χ2n) is 5.33. The van der Waals surface area contributed by atoms with Crippen LogP contribution in [-0.4, -0.2) is 19.5 Å². The molecule has 1 aromatic rings. The molecule has 1 aromatic carbocycles. The van der Waals surface area contributed by atoms with Gasteiger partial charge in [0.05, 0.1) is 20.3 Å². The van der Waals surface area contributed by atoms with Crippen molar-refractivity contribution in [1.82, 2.24) is 0 Å². The number of carbonyl (C=O) groups is 1. The third-order valence-corrected chi connectivity index (χ3v) is 2.95. The molecule has 0 bridgehead atoms. The maximum absolute atomic E-state index is 11.8. The van der Waals surface area contributed by atoms with Gasteiger partial charge in [0.25, 0.3) is 0 Å². The quantitative estimate of drug-likeness (QED) is 0.721. The van der Waals surface area contributed by atoms with Gasteiger partial charge in [-0.1, -0.05) is 32.9 Å². The van der Waals surface area contributed by atoms with Crippen LogP contribution in [0, 0.1) is 11.8 Å². The lowest BCUT2D eigenvalue weighted by Crippen LogP contribution is -2.18. The predicted octanol–water partition coefficient (Wildman–Crippen LogP) is 3.46. The molecule has 3 heteroatoms. The third-order valence-electron chi connectivity index (χ3n) is 2.95. The van der Waals surface area contributed by atoms with Gasteiger partial charge in [0, 0.05) is 12.3 Å². The van der Waals surface area contributed by atoms with E-state index < -0.39 is 0 Å². The highest BCUT2D eigenvalue weighted by Crippen LogP contribution is 2.13. The van der Waals surface area contributed by atoms with Crippen LogP contribution in [0.3, 0.4) is 0 Å². The van der Waals surface area contributed by atoms with Crippen LogP contribution < -0.4 is 4.74 Å². The number of Topliss-reactive ketones (excluding diaryl/α,β-unsaturated/α-hetero) is 1. The molecule has 0 aliphatic rings. The number of hydrogen-bond donors (Lipinski definition) is 0. The molecular formula is C16H24O3. The van der Waals surface area contributed by atoms with Gasteiger partial charge >= 0.3 is 0 Å². The van der Waals surface area contributed by atoms with E-state index in [1.807, 2.05) is 31.2 Å². The number of benzene rings is 1. The fourth-order valence-electron chi connectivity index (χ4n) is 1.77. The molecule has 0 unspecified atom stereocenters. The van der Waals surface area contributed by atoms with Crippen molar-refractivity contribution in [2.75, 3.05) is 13.7 Å². The van der Waals surface area contributed by atoms with E-state index >= 15 is 0 Å². The summed E-state index contributed by atoms with van der Waals surface area (Å²) in [7, 11) is 1.65. The summed E-state index contributed by atoms with van der Waals surface area (Å²) in [6, 6.07) is 7.76. The molecule has 0 fully saturated rings. The highest BCUT2D eigenvalue weighted by atomic mass is 16.5. The first-order chi connectivity index (χ1) is 9.02. The van der Waals surface area contributed by atoms with E-state index in [9.17, 15) is 4.79 Å². The first-order valence-corrected chi connectivity index (χ1v) is 6.76. The third kappa shape index (κ3) is 5.88. The summed E-state index contributed by atoms with van der Waals surface area (Å²) in [4.78, 5) is 11.8. The summed E-state index contributed by atoms with van der Waals surface area (Å²) in [5, 5.41) is 0. The van der Waals surface area contributed by atoms with Crippen LogP contribution >= 0.6 is 0 Å². The summed E-state index contributed by atoms with van der Waals surface area (Å²) in [5.41, 5.74) is 1.09. The number of methoxy groups -OCH3 is 1. The van der Waals surface area contributed by atoms with Crippen LogP contribution in [0.5, 0.6) is 5.75 Å². The first-order valence-electron chi connectivity index (χ1n) is 6.76. The predicted molar refractivity (Wildman–Crippen MR) is 76.3 cm³/mol. The van der Waals surface area contributed by atoms with Gasteiger partial charge in [-0.25, -0.2) is 0 Å². The van der Waals surface area contributed by atoms with E-state index in [0.717, 1.165) is 11.3 Å². The normalized spacial score (nSPS) is 12.5. The second kappa shape index (κ2) is 7.95. The Balaban J connectivity index is 2.30. The average Bonchev–Trinajstić information content (AvgIpc) is 2.38. The number of ketones is 1.